The molecular weight excluding hydrogens is 513 g/mol. The number of rotatable bonds is 7. The Morgan fingerprint density at radius 1 is 1.06 bits per heavy atom. The van der Waals surface area contributed by atoms with Crippen LogP contribution in [0.1, 0.15) is 30.1 Å². The van der Waals surface area contributed by atoms with Gasteiger partial charge in [-0.3, -0.25) is 9.89 Å². The predicted octanol–water partition coefficient (Wildman–Crippen LogP) is 4.10. The fourth-order valence-electron chi connectivity index (χ4n) is 3.68. The second kappa shape index (κ2) is 12.9. The number of halogens is 3. The average Bonchev–Trinajstić information content (AvgIpc) is 2.77. The molecule has 0 radical (unpaired) electrons. The van der Waals surface area contributed by atoms with Crippen molar-refractivity contribution in [2.75, 3.05) is 33.8 Å². The molecule has 0 saturated carbocycles. The van der Waals surface area contributed by atoms with Gasteiger partial charge >= 0.3 is 0 Å². The van der Waals surface area contributed by atoms with Crippen molar-refractivity contribution >= 4 is 29.9 Å². The summed E-state index contributed by atoms with van der Waals surface area (Å²) in [5.74, 6) is 0.275. The van der Waals surface area contributed by atoms with Gasteiger partial charge in [0.05, 0.1) is 6.10 Å². The Labute approximate surface area is 200 Å². The molecular formula is C23H31F2IN4O. The lowest BCUT2D eigenvalue weighted by atomic mass is 10.0. The lowest BCUT2D eigenvalue weighted by Crippen LogP contribution is -2.49. The third-order valence-electron chi connectivity index (χ3n) is 5.45. The van der Waals surface area contributed by atoms with Crippen LogP contribution in [0.5, 0.6) is 0 Å². The smallest absolute Gasteiger partial charge is 0.191 e. The molecule has 1 fully saturated rings. The van der Waals surface area contributed by atoms with Crippen LogP contribution in [0.2, 0.25) is 0 Å². The van der Waals surface area contributed by atoms with E-state index in [-0.39, 0.29) is 41.7 Å². The number of methoxy groups -OCH3 is 1. The van der Waals surface area contributed by atoms with E-state index in [1.165, 1.54) is 24.3 Å². The molecule has 1 aliphatic rings. The van der Waals surface area contributed by atoms with Crippen molar-refractivity contribution in [1.82, 2.24) is 15.5 Å². The number of hydrogen-bond donors (Lipinski definition) is 2. The highest BCUT2D eigenvalue weighted by atomic mass is 127. The molecule has 1 saturated heterocycles. The van der Waals surface area contributed by atoms with Crippen molar-refractivity contribution in [2.45, 2.75) is 31.5 Å². The van der Waals surface area contributed by atoms with Crippen LogP contribution in [0.3, 0.4) is 0 Å². The summed E-state index contributed by atoms with van der Waals surface area (Å²) in [5, 5.41) is 6.79. The Morgan fingerprint density at radius 2 is 1.65 bits per heavy atom. The zero-order chi connectivity index (χ0) is 21.3. The van der Waals surface area contributed by atoms with Gasteiger partial charge in [-0.2, -0.15) is 0 Å². The molecule has 0 bridgehead atoms. The molecule has 2 aromatic rings. The van der Waals surface area contributed by atoms with Gasteiger partial charge < -0.3 is 15.4 Å². The first-order valence-corrected chi connectivity index (χ1v) is 10.3. The Balaban J connectivity index is 0.00000341. The SMILES string of the molecule is CN=C(NCC(OC)c1ccc(F)cc1)NC1CCN(Cc2ccc(F)cc2)CC1.I. The number of nitrogens with zero attached hydrogens (tertiary/aromatic N) is 2. The topological polar surface area (TPSA) is 48.9 Å². The highest BCUT2D eigenvalue weighted by Crippen LogP contribution is 2.17. The quantitative estimate of drug-likeness (QED) is 0.313. The number of guanidine groups is 1. The molecule has 0 spiro atoms. The maximum Gasteiger partial charge on any atom is 0.191 e. The minimum atomic E-state index is -0.259. The Kier molecular flexibility index (Phi) is 10.6. The molecule has 31 heavy (non-hydrogen) atoms. The standard InChI is InChI=1S/C23H30F2N4O.HI/c1-26-23(27-15-22(30-2)18-5-9-20(25)10-6-18)28-21-11-13-29(14-12-21)16-17-3-7-19(24)8-4-17;/h3-10,21-22H,11-16H2,1-2H3,(H2,26,27,28);1H. The normalized spacial score (nSPS) is 16.5. The van der Waals surface area contributed by atoms with E-state index < -0.39 is 0 Å². The van der Waals surface area contributed by atoms with E-state index in [9.17, 15) is 8.78 Å². The molecule has 5 nitrogen and oxygen atoms in total. The minimum absolute atomic E-state index is 0. The van der Waals surface area contributed by atoms with Crippen molar-refractivity contribution < 1.29 is 13.5 Å². The van der Waals surface area contributed by atoms with Crippen LogP contribution < -0.4 is 10.6 Å². The van der Waals surface area contributed by atoms with Crippen molar-refractivity contribution in [3.05, 3.63) is 71.3 Å². The summed E-state index contributed by atoms with van der Waals surface area (Å²) in [6.07, 6.45) is 1.82. The van der Waals surface area contributed by atoms with Crippen LogP contribution in [-0.2, 0) is 11.3 Å². The Hall–Kier alpha value is -1.78. The molecule has 2 N–H and O–H groups in total. The molecule has 1 aliphatic heterocycles. The maximum atomic E-state index is 13.1. The first-order chi connectivity index (χ1) is 14.6. The fourth-order valence-corrected chi connectivity index (χ4v) is 3.68. The number of likely N-dealkylation sites (tertiary alicyclic amines) is 1. The number of aliphatic imine (C=N–C) groups is 1. The second-order valence-electron chi connectivity index (χ2n) is 7.55. The van der Waals surface area contributed by atoms with Crippen molar-refractivity contribution in [3.8, 4) is 0 Å². The lowest BCUT2D eigenvalue weighted by Gasteiger charge is -2.33. The number of benzene rings is 2. The third-order valence-corrected chi connectivity index (χ3v) is 5.45. The van der Waals surface area contributed by atoms with E-state index in [4.69, 9.17) is 4.74 Å². The third kappa shape index (κ3) is 8.01. The van der Waals surface area contributed by atoms with Gasteiger partial charge in [0.2, 0.25) is 0 Å². The van der Waals surface area contributed by atoms with Crippen LogP contribution in [-0.4, -0.2) is 50.7 Å². The van der Waals surface area contributed by atoms with Crippen LogP contribution >= 0.6 is 24.0 Å². The van der Waals surface area contributed by atoms with E-state index in [1.807, 2.05) is 12.1 Å². The molecule has 0 aliphatic carbocycles. The number of hydrogen-bond acceptors (Lipinski definition) is 3. The minimum Gasteiger partial charge on any atom is -0.375 e. The van der Waals surface area contributed by atoms with E-state index in [2.05, 4.69) is 20.5 Å². The van der Waals surface area contributed by atoms with Crippen LogP contribution in [0.25, 0.3) is 0 Å². The van der Waals surface area contributed by atoms with E-state index in [1.54, 1.807) is 26.3 Å². The predicted molar refractivity (Wildman–Crippen MR) is 131 cm³/mol. The van der Waals surface area contributed by atoms with Gasteiger partial charge in [-0.05, 0) is 48.2 Å². The second-order valence-corrected chi connectivity index (χ2v) is 7.55. The van der Waals surface area contributed by atoms with Gasteiger partial charge in [-0.25, -0.2) is 8.78 Å². The number of piperidine rings is 1. The largest absolute Gasteiger partial charge is 0.375 e. The monoisotopic (exact) mass is 544 g/mol. The Morgan fingerprint density at radius 3 is 2.19 bits per heavy atom. The summed E-state index contributed by atoms with van der Waals surface area (Å²) in [7, 11) is 3.39. The van der Waals surface area contributed by atoms with Gasteiger partial charge in [0, 0.05) is 46.4 Å². The van der Waals surface area contributed by atoms with Gasteiger partial charge in [-0.1, -0.05) is 24.3 Å². The highest BCUT2D eigenvalue weighted by molar-refractivity contribution is 14.0. The van der Waals surface area contributed by atoms with E-state index in [0.29, 0.717) is 12.6 Å². The molecule has 1 heterocycles. The summed E-state index contributed by atoms with van der Waals surface area (Å²) in [5.41, 5.74) is 2.04. The van der Waals surface area contributed by atoms with Crippen LogP contribution in [0.15, 0.2) is 53.5 Å². The van der Waals surface area contributed by atoms with Gasteiger partial charge in [0.15, 0.2) is 5.96 Å². The molecule has 2 aromatic carbocycles. The summed E-state index contributed by atoms with van der Waals surface area (Å²) in [6, 6.07) is 13.4. The summed E-state index contributed by atoms with van der Waals surface area (Å²) in [4.78, 5) is 6.71. The van der Waals surface area contributed by atoms with Gasteiger partial charge in [-0.15, -0.1) is 24.0 Å². The van der Waals surface area contributed by atoms with Crippen LogP contribution in [0.4, 0.5) is 8.78 Å². The van der Waals surface area contributed by atoms with Gasteiger partial charge in [0.25, 0.3) is 0 Å². The first-order valence-electron chi connectivity index (χ1n) is 10.3. The number of nitrogens with one attached hydrogen (secondary N) is 2. The van der Waals surface area contributed by atoms with Crippen molar-refractivity contribution in [2.24, 2.45) is 4.99 Å². The summed E-state index contributed by atoms with van der Waals surface area (Å²) < 4.78 is 31.7. The fraction of sp³-hybridized carbons (Fsp3) is 0.435. The first kappa shape index (κ1) is 25.5. The maximum absolute atomic E-state index is 13.1. The lowest BCUT2D eigenvalue weighted by molar-refractivity contribution is 0.106. The van der Waals surface area contributed by atoms with E-state index >= 15 is 0 Å². The summed E-state index contributed by atoms with van der Waals surface area (Å²) >= 11 is 0. The van der Waals surface area contributed by atoms with E-state index in [0.717, 1.165) is 49.6 Å². The molecule has 0 amide bonds. The number of ether oxygens (including phenoxy) is 1. The molecule has 3 rings (SSSR count). The van der Waals surface area contributed by atoms with Crippen molar-refractivity contribution in [3.63, 3.8) is 0 Å². The molecule has 1 unspecified atom stereocenters. The molecule has 8 heteroatoms. The van der Waals surface area contributed by atoms with Crippen LogP contribution in [0, 0.1) is 11.6 Å². The van der Waals surface area contributed by atoms with Crippen molar-refractivity contribution in [1.29, 1.82) is 0 Å². The zero-order valence-corrected chi connectivity index (χ0v) is 20.3. The average molecular weight is 544 g/mol. The highest BCUT2D eigenvalue weighted by Gasteiger charge is 2.20. The molecule has 1 atom stereocenters. The summed E-state index contributed by atoms with van der Waals surface area (Å²) in [6.45, 7) is 3.32. The molecule has 0 aromatic heterocycles. The molecule has 170 valence electrons. The van der Waals surface area contributed by atoms with Gasteiger partial charge in [0.1, 0.15) is 11.6 Å². The Bertz CT molecular complexity index is 809. The zero-order valence-electron chi connectivity index (χ0n) is 18.0.